The molecule has 3 rings (SSSR count). The molecule has 27 heavy (non-hydrogen) atoms. The Morgan fingerprint density at radius 3 is 2.44 bits per heavy atom. The summed E-state index contributed by atoms with van der Waals surface area (Å²) in [5.41, 5.74) is 2.05. The first-order valence-corrected chi connectivity index (χ1v) is 9.13. The molecule has 6 heteroatoms. The highest BCUT2D eigenvalue weighted by molar-refractivity contribution is 5.81. The van der Waals surface area contributed by atoms with E-state index in [2.05, 4.69) is 36.3 Å². The summed E-state index contributed by atoms with van der Waals surface area (Å²) in [5.74, 6) is 1.15. The molecule has 2 aromatic heterocycles. The molecule has 1 N–H and O–H groups in total. The van der Waals surface area contributed by atoms with E-state index >= 15 is 0 Å². The van der Waals surface area contributed by atoms with Crippen molar-refractivity contribution < 1.29 is 9.53 Å². The maximum absolute atomic E-state index is 12.5. The molecule has 1 unspecified atom stereocenters. The SMILES string of the molecule is CC(Oc1ccc(C(C)(C)C)cc1)C(=O)N[C@@H](C)c1nnc2ccccn12. The Bertz CT molecular complexity index is 925. The van der Waals surface area contributed by atoms with Crippen LogP contribution < -0.4 is 10.1 Å². The summed E-state index contributed by atoms with van der Waals surface area (Å²) in [6.45, 7) is 10.1. The molecule has 0 radical (unpaired) electrons. The van der Waals surface area contributed by atoms with Crippen molar-refractivity contribution in [3.05, 3.63) is 60.0 Å². The minimum atomic E-state index is -0.618. The summed E-state index contributed by atoms with van der Waals surface area (Å²) in [7, 11) is 0. The maximum Gasteiger partial charge on any atom is 0.261 e. The van der Waals surface area contributed by atoms with Crippen LogP contribution in [0.15, 0.2) is 48.7 Å². The van der Waals surface area contributed by atoms with E-state index in [0.29, 0.717) is 11.6 Å². The van der Waals surface area contributed by atoms with Crippen molar-refractivity contribution in [1.29, 1.82) is 0 Å². The smallest absolute Gasteiger partial charge is 0.261 e. The Kier molecular flexibility index (Phi) is 5.17. The van der Waals surface area contributed by atoms with Crippen LogP contribution in [0.3, 0.4) is 0 Å². The van der Waals surface area contributed by atoms with E-state index in [1.807, 2.05) is 60.0 Å². The van der Waals surface area contributed by atoms with Gasteiger partial charge in [0.25, 0.3) is 5.91 Å². The lowest BCUT2D eigenvalue weighted by molar-refractivity contribution is -0.128. The lowest BCUT2D eigenvalue weighted by Gasteiger charge is -2.20. The number of nitrogens with zero attached hydrogens (tertiary/aromatic N) is 3. The van der Waals surface area contributed by atoms with Gasteiger partial charge in [-0.05, 0) is 49.1 Å². The largest absolute Gasteiger partial charge is 0.481 e. The lowest BCUT2D eigenvalue weighted by Crippen LogP contribution is -2.38. The van der Waals surface area contributed by atoms with E-state index in [4.69, 9.17) is 4.74 Å². The third-order valence-electron chi connectivity index (χ3n) is 4.49. The van der Waals surface area contributed by atoms with E-state index in [1.54, 1.807) is 6.92 Å². The zero-order chi connectivity index (χ0) is 19.6. The summed E-state index contributed by atoms with van der Waals surface area (Å²) in [6.07, 6.45) is 1.26. The van der Waals surface area contributed by atoms with Gasteiger partial charge in [0, 0.05) is 6.20 Å². The number of benzene rings is 1. The highest BCUT2D eigenvalue weighted by Crippen LogP contribution is 2.24. The van der Waals surface area contributed by atoms with Crippen LogP contribution in [0.5, 0.6) is 5.75 Å². The van der Waals surface area contributed by atoms with Gasteiger partial charge >= 0.3 is 0 Å². The van der Waals surface area contributed by atoms with Gasteiger partial charge in [-0.3, -0.25) is 9.20 Å². The molecule has 1 amide bonds. The first-order chi connectivity index (χ1) is 12.8. The van der Waals surface area contributed by atoms with Gasteiger partial charge in [-0.25, -0.2) is 0 Å². The second kappa shape index (κ2) is 7.39. The summed E-state index contributed by atoms with van der Waals surface area (Å²) in [6, 6.07) is 13.3. The van der Waals surface area contributed by atoms with E-state index in [0.717, 1.165) is 5.65 Å². The number of fused-ring (bicyclic) bond motifs is 1. The molecule has 1 aromatic carbocycles. The van der Waals surface area contributed by atoms with Crippen molar-refractivity contribution >= 4 is 11.6 Å². The van der Waals surface area contributed by atoms with Crippen molar-refractivity contribution in [2.75, 3.05) is 0 Å². The average molecular weight is 366 g/mol. The zero-order valence-corrected chi connectivity index (χ0v) is 16.4. The number of amides is 1. The molecule has 0 saturated heterocycles. The molecule has 2 atom stereocenters. The van der Waals surface area contributed by atoms with Gasteiger partial charge in [-0.2, -0.15) is 0 Å². The molecule has 2 heterocycles. The fraction of sp³-hybridized carbons (Fsp3) is 0.381. The van der Waals surface area contributed by atoms with Crippen LogP contribution in [0.25, 0.3) is 5.65 Å². The number of aromatic nitrogens is 3. The quantitative estimate of drug-likeness (QED) is 0.748. The third kappa shape index (κ3) is 4.27. The second-order valence-corrected chi connectivity index (χ2v) is 7.75. The normalized spacial score (nSPS) is 14.0. The molecular formula is C21H26N4O2. The minimum Gasteiger partial charge on any atom is -0.481 e. The fourth-order valence-electron chi connectivity index (χ4n) is 2.84. The van der Waals surface area contributed by atoms with Crippen LogP contribution in [0.4, 0.5) is 0 Å². The molecule has 0 fully saturated rings. The predicted molar refractivity (Wildman–Crippen MR) is 105 cm³/mol. The van der Waals surface area contributed by atoms with Crippen LogP contribution in [-0.2, 0) is 10.2 Å². The average Bonchev–Trinajstić information content (AvgIpc) is 3.05. The highest BCUT2D eigenvalue weighted by Gasteiger charge is 2.21. The van der Waals surface area contributed by atoms with Crippen LogP contribution in [0, 0.1) is 0 Å². The topological polar surface area (TPSA) is 68.5 Å². The number of rotatable bonds is 5. The molecular weight excluding hydrogens is 340 g/mol. The van der Waals surface area contributed by atoms with Crippen molar-refractivity contribution in [1.82, 2.24) is 19.9 Å². The summed E-state index contributed by atoms with van der Waals surface area (Å²) >= 11 is 0. The zero-order valence-electron chi connectivity index (χ0n) is 16.4. The Labute approximate surface area is 159 Å². The first-order valence-electron chi connectivity index (χ1n) is 9.13. The van der Waals surface area contributed by atoms with Gasteiger partial charge < -0.3 is 10.1 Å². The number of pyridine rings is 1. The summed E-state index contributed by atoms with van der Waals surface area (Å²) in [5, 5.41) is 11.2. The van der Waals surface area contributed by atoms with E-state index in [1.165, 1.54) is 5.56 Å². The van der Waals surface area contributed by atoms with Crippen molar-refractivity contribution in [2.45, 2.75) is 52.2 Å². The molecule has 0 saturated carbocycles. The summed E-state index contributed by atoms with van der Waals surface area (Å²) in [4.78, 5) is 12.5. The molecule has 0 spiro atoms. The third-order valence-corrected chi connectivity index (χ3v) is 4.49. The molecule has 0 aliphatic heterocycles. The lowest BCUT2D eigenvalue weighted by atomic mass is 9.87. The van der Waals surface area contributed by atoms with E-state index in [9.17, 15) is 4.79 Å². The number of carbonyl (C=O) groups excluding carboxylic acids is 1. The van der Waals surface area contributed by atoms with Crippen LogP contribution in [0.1, 0.15) is 52.0 Å². The van der Waals surface area contributed by atoms with Gasteiger partial charge in [0.05, 0.1) is 6.04 Å². The van der Waals surface area contributed by atoms with Gasteiger partial charge in [-0.15, -0.1) is 10.2 Å². The Morgan fingerprint density at radius 1 is 1.07 bits per heavy atom. The monoisotopic (exact) mass is 366 g/mol. The standard InChI is InChI=1S/C21H26N4O2/c1-14(19-24-23-18-8-6-7-13-25(18)19)22-20(26)15(2)27-17-11-9-16(10-12-17)21(3,4)5/h6-15H,1-5H3,(H,22,26)/t14-,15?/m0/s1. The summed E-state index contributed by atoms with van der Waals surface area (Å²) < 4.78 is 7.66. The Hall–Kier alpha value is -2.89. The van der Waals surface area contributed by atoms with Crippen LogP contribution in [-0.4, -0.2) is 26.6 Å². The highest BCUT2D eigenvalue weighted by atomic mass is 16.5. The van der Waals surface area contributed by atoms with Crippen LogP contribution in [0.2, 0.25) is 0 Å². The fourth-order valence-corrected chi connectivity index (χ4v) is 2.84. The van der Waals surface area contributed by atoms with Gasteiger partial charge in [0.2, 0.25) is 0 Å². The second-order valence-electron chi connectivity index (χ2n) is 7.75. The van der Waals surface area contributed by atoms with Crippen LogP contribution >= 0.6 is 0 Å². The van der Waals surface area contributed by atoms with E-state index in [-0.39, 0.29) is 17.4 Å². The number of nitrogens with one attached hydrogen (secondary N) is 1. The Balaban J connectivity index is 1.63. The van der Waals surface area contributed by atoms with Gasteiger partial charge in [0.15, 0.2) is 17.6 Å². The molecule has 6 nitrogen and oxygen atoms in total. The molecule has 142 valence electrons. The number of carbonyl (C=O) groups is 1. The van der Waals surface area contributed by atoms with E-state index < -0.39 is 6.10 Å². The maximum atomic E-state index is 12.5. The molecule has 0 aliphatic rings. The van der Waals surface area contributed by atoms with Crippen molar-refractivity contribution in [3.8, 4) is 5.75 Å². The number of hydrogen-bond acceptors (Lipinski definition) is 4. The predicted octanol–water partition coefficient (Wildman–Crippen LogP) is 3.67. The minimum absolute atomic E-state index is 0.0813. The number of hydrogen-bond donors (Lipinski definition) is 1. The molecule has 3 aromatic rings. The Morgan fingerprint density at radius 2 is 1.78 bits per heavy atom. The molecule has 0 bridgehead atoms. The van der Waals surface area contributed by atoms with Gasteiger partial charge in [0.1, 0.15) is 5.75 Å². The van der Waals surface area contributed by atoms with Crippen molar-refractivity contribution in [2.24, 2.45) is 0 Å². The molecule has 0 aliphatic carbocycles. The first kappa shape index (κ1) is 18.9. The number of ether oxygens (including phenoxy) is 1. The van der Waals surface area contributed by atoms with Crippen molar-refractivity contribution in [3.63, 3.8) is 0 Å². The van der Waals surface area contributed by atoms with Gasteiger partial charge in [-0.1, -0.05) is 39.0 Å².